The summed E-state index contributed by atoms with van der Waals surface area (Å²) in [5.74, 6) is 1.12. The predicted octanol–water partition coefficient (Wildman–Crippen LogP) is 3.08. The third-order valence-electron chi connectivity index (χ3n) is 2.68. The molecule has 0 fully saturated rings. The van der Waals surface area contributed by atoms with Crippen LogP contribution in [0.25, 0.3) is 0 Å². The summed E-state index contributed by atoms with van der Waals surface area (Å²) >= 11 is 5.81. The highest BCUT2D eigenvalue weighted by molar-refractivity contribution is 7.85. The van der Waals surface area contributed by atoms with Crippen molar-refractivity contribution < 1.29 is 4.21 Å². The molecule has 2 atom stereocenters. The minimum atomic E-state index is -0.965. The first-order valence-corrected chi connectivity index (χ1v) is 7.61. The van der Waals surface area contributed by atoms with E-state index in [9.17, 15) is 4.21 Å². The highest BCUT2D eigenvalue weighted by Crippen LogP contribution is 2.14. The average molecular weight is 274 g/mol. The first-order chi connectivity index (χ1) is 8.04. The molecule has 0 heterocycles. The van der Waals surface area contributed by atoms with Gasteiger partial charge in [0.2, 0.25) is 0 Å². The Morgan fingerprint density at radius 2 is 1.88 bits per heavy atom. The van der Waals surface area contributed by atoms with Crippen molar-refractivity contribution in [3.8, 4) is 0 Å². The van der Waals surface area contributed by atoms with Crippen LogP contribution in [0.1, 0.15) is 20.8 Å². The molecule has 0 radical (unpaired) electrons. The van der Waals surface area contributed by atoms with Crippen LogP contribution in [0.2, 0.25) is 5.02 Å². The van der Waals surface area contributed by atoms with E-state index in [1.54, 1.807) is 12.1 Å². The maximum Gasteiger partial charge on any atom is 0.0545 e. The zero-order valence-electron chi connectivity index (χ0n) is 10.6. The maximum atomic E-state index is 12.2. The lowest BCUT2D eigenvalue weighted by Gasteiger charge is -2.21. The van der Waals surface area contributed by atoms with E-state index in [1.165, 1.54) is 0 Å². The zero-order valence-corrected chi connectivity index (χ0v) is 12.1. The Kier molecular flexibility index (Phi) is 6.17. The van der Waals surface area contributed by atoms with Gasteiger partial charge in [-0.3, -0.25) is 4.21 Å². The first kappa shape index (κ1) is 14.7. The third-order valence-corrected chi connectivity index (χ3v) is 4.39. The van der Waals surface area contributed by atoms with E-state index in [0.29, 0.717) is 16.7 Å². The van der Waals surface area contributed by atoms with E-state index in [2.05, 4.69) is 26.1 Å². The zero-order chi connectivity index (χ0) is 12.8. The number of hydrogen-bond donors (Lipinski definition) is 1. The van der Waals surface area contributed by atoms with Crippen molar-refractivity contribution in [1.82, 2.24) is 5.32 Å². The van der Waals surface area contributed by atoms with Gasteiger partial charge in [-0.15, -0.1) is 0 Å². The minimum Gasteiger partial charge on any atom is -0.313 e. The molecule has 4 heteroatoms. The normalized spacial score (nSPS) is 14.9. The van der Waals surface area contributed by atoms with Crippen LogP contribution in [-0.2, 0) is 10.8 Å². The summed E-state index contributed by atoms with van der Waals surface area (Å²) in [5, 5.41) is 4.05. The molecule has 0 aliphatic rings. The molecule has 2 unspecified atom stereocenters. The molecule has 1 N–H and O–H groups in total. The van der Waals surface area contributed by atoms with Gasteiger partial charge in [0.15, 0.2) is 0 Å². The fourth-order valence-electron chi connectivity index (χ4n) is 1.59. The number of nitrogens with one attached hydrogen (secondary N) is 1. The van der Waals surface area contributed by atoms with E-state index in [1.807, 2.05) is 12.1 Å². The Bertz CT molecular complexity index is 364. The Morgan fingerprint density at radius 1 is 1.29 bits per heavy atom. The molecule has 1 aromatic rings. The lowest BCUT2D eigenvalue weighted by molar-refractivity contribution is 0.440. The molecule has 0 saturated carbocycles. The lowest BCUT2D eigenvalue weighted by atomic mass is 10.1. The van der Waals surface area contributed by atoms with Crippen LogP contribution in [0.5, 0.6) is 0 Å². The van der Waals surface area contributed by atoms with Crippen LogP contribution in [0, 0.1) is 5.92 Å². The second-order valence-corrected chi connectivity index (χ2v) is 6.31. The average Bonchev–Trinajstić information content (AvgIpc) is 2.29. The number of hydrogen-bond acceptors (Lipinski definition) is 2. The molecule has 1 rings (SSSR count). The fraction of sp³-hybridized carbons (Fsp3) is 0.538. The number of benzene rings is 1. The molecule has 2 nitrogen and oxygen atoms in total. The summed E-state index contributed by atoms with van der Waals surface area (Å²) < 4.78 is 12.2. The van der Waals surface area contributed by atoms with Gasteiger partial charge >= 0.3 is 0 Å². The summed E-state index contributed by atoms with van der Waals surface area (Å²) in [5.41, 5.74) is 0. The summed E-state index contributed by atoms with van der Waals surface area (Å²) in [6.45, 7) is 7.26. The molecular formula is C13H20ClNOS. The Morgan fingerprint density at radius 3 is 2.35 bits per heavy atom. The Labute approximate surface area is 111 Å². The van der Waals surface area contributed by atoms with Gasteiger partial charge in [-0.05, 0) is 36.7 Å². The van der Waals surface area contributed by atoms with Gasteiger partial charge in [0.25, 0.3) is 0 Å². The van der Waals surface area contributed by atoms with E-state index >= 15 is 0 Å². The monoisotopic (exact) mass is 273 g/mol. The molecule has 0 amide bonds. The van der Waals surface area contributed by atoms with Crippen LogP contribution in [0.4, 0.5) is 0 Å². The summed E-state index contributed by atoms with van der Waals surface area (Å²) in [6.07, 6.45) is 0. The first-order valence-electron chi connectivity index (χ1n) is 5.92. The van der Waals surface area contributed by atoms with Gasteiger partial charge in [-0.25, -0.2) is 0 Å². The van der Waals surface area contributed by atoms with Gasteiger partial charge < -0.3 is 5.32 Å². The molecular weight excluding hydrogens is 254 g/mol. The summed E-state index contributed by atoms with van der Waals surface area (Å²) in [7, 11) is -0.965. The molecule has 0 spiro atoms. The highest BCUT2D eigenvalue weighted by atomic mass is 35.5. The second kappa shape index (κ2) is 7.14. The van der Waals surface area contributed by atoms with Crippen molar-refractivity contribution in [2.45, 2.75) is 31.7 Å². The van der Waals surface area contributed by atoms with E-state index in [4.69, 9.17) is 11.6 Å². The van der Waals surface area contributed by atoms with Crippen LogP contribution in [-0.4, -0.2) is 22.5 Å². The van der Waals surface area contributed by atoms with Gasteiger partial charge in [-0.2, -0.15) is 0 Å². The van der Waals surface area contributed by atoms with E-state index in [0.717, 1.165) is 11.4 Å². The quantitative estimate of drug-likeness (QED) is 0.863. The van der Waals surface area contributed by atoms with Gasteiger partial charge in [0.1, 0.15) is 0 Å². The smallest absolute Gasteiger partial charge is 0.0545 e. The molecule has 96 valence electrons. The molecule has 0 saturated heterocycles. The number of halogens is 1. The number of rotatable bonds is 6. The third kappa shape index (κ3) is 4.78. The van der Waals surface area contributed by atoms with E-state index in [-0.39, 0.29) is 6.04 Å². The summed E-state index contributed by atoms with van der Waals surface area (Å²) in [6, 6.07) is 7.53. The van der Waals surface area contributed by atoms with E-state index < -0.39 is 10.8 Å². The largest absolute Gasteiger partial charge is 0.313 e. The van der Waals surface area contributed by atoms with Gasteiger partial charge in [-0.1, -0.05) is 32.4 Å². The van der Waals surface area contributed by atoms with Crippen LogP contribution < -0.4 is 5.32 Å². The Hall–Kier alpha value is -0.380. The van der Waals surface area contributed by atoms with Crippen molar-refractivity contribution in [3.05, 3.63) is 29.3 Å². The maximum absolute atomic E-state index is 12.2. The van der Waals surface area contributed by atoms with Crippen LogP contribution in [0.15, 0.2) is 29.2 Å². The van der Waals surface area contributed by atoms with Crippen molar-refractivity contribution in [2.24, 2.45) is 5.92 Å². The summed E-state index contributed by atoms with van der Waals surface area (Å²) in [4.78, 5) is 0.845. The SMILES string of the molecule is CCNC(CS(=O)c1ccc(Cl)cc1)C(C)C. The topological polar surface area (TPSA) is 29.1 Å². The van der Waals surface area contributed by atoms with Gasteiger partial charge in [0, 0.05) is 21.7 Å². The van der Waals surface area contributed by atoms with Gasteiger partial charge in [0.05, 0.1) is 10.8 Å². The van der Waals surface area contributed by atoms with Crippen LogP contribution in [0.3, 0.4) is 0 Å². The fourth-order valence-corrected chi connectivity index (χ4v) is 3.18. The molecule has 1 aromatic carbocycles. The highest BCUT2D eigenvalue weighted by Gasteiger charge is 2.16. The Balaban J connectivity index is 2.66. The standard InChI is InChI=1S/C13H20ClNOS/c1-4-15-13(10(2)3)9-17(16)12-7-5-11(14)6-8-12/h5-8,10,13,15H,4,9H2,1-3H3. The molecule has 0 aliphatic heterocycles. The molecule has 0 aromatic heterocycles. The lowest BCUT2D eigenvalue weighted by Crippen LogP contribution is -2.38. The van der Waals surface area contributed by atoms with Crippen molar-refractivity contribution >= 4 is 22.4 Å². The van der Waals surface area contributed by atoms with Crippen LogP contribution >= 0.6 is 11.6 Å². The molecule has 0 aliphatic carbocycles. The minimum absolute atomic E-state index is 0.288. The van der Waals surface area contributed by atoms with Crippen molar-refractivity contribution in [2.75, 3.05) is 12.3 Å². The van der Waals surface area contributed by atoms with Crippen molar-refractivity contribution in [3.63, 3.8) is 0 Å². The molecule has 0 bridgehead atoms. The van der Waals surface area contributed by atoms with Crippen molar-refractivity contribution in [1.29, 1.82) is 0 Å². The second-order valence-electron chi connectivity index (χ2n) is 4.37. The predicted molar refractivity (Wildman–Crippen MR) is 75.0 cm³/mol. The molecule has 17 heavy (non-hydrogen) atoms.